The summed E-state index contributed by atoms with van der Waals surface area (Å²) in [7, 11) is 1.76. The van der Waals surface area contributed by atoms with Gasteiger partial charge in [0.15, 0.2) is 4.77 Å². The number of hydrogen-bond donors (Lipinski definition) is 2. The fourth-order valence-electron chi connectivity index (χ4n) is 2.75. The lowest BCUT2D eigenvalue weighted by molar-refractivity contribution is 0.0785. The Morgan fingerprint density at radius 3 is 2.44 bits per heavy atom. The van der Waals surface area contributed by atoms with Crippen LogP contribution < -0.4 is 5.56 Å². The molecule has 6 heteroatoms. The molecule has 2 aromatic carbocycles. The number of fused-ring (bicyclic) bond motifs is 1. The van der Waals surface area contributed by atoms with Crippen molar-refractivity contribution >= 4 is 29.0 Å². The minimum atomic E-state index is -0.262. The first kappa shape index (κ1) is 17.1. The van der Waals surface area contributed by atoms with Gasteiger partial charge in [-0.2, -0.15) is 0 Å². The van der Waals surface area contributed by atoms with Crippen LogP contribution in [-0.2, 0) is 13.0 Å². The largest absolute Gasteiger partial charge is 0.337 e. The predicted molar refractivity (Wildman–Crippen MR) is 101 cm³/mol. The third-order valence-electron chi connectivity index (χ3n) is 4.18. The summed E-state index contributed by atoms with van der Waals surface area (Å²) in [4.78, 5) is 31.7. The molecule has 0 saturated carbocycles. The summed E-state index contributed by atoms with van der Waals surface area (Å²) >= 11 is 4.99. The first-order valence-corrected chi connectivity index (χ1v) is 8.48. The summed E-state index contributed by atoms with van der Waals surface area (Å²) in [6, 6.07) is 13.2. The van der Waals surface area contributed by atoms with Gasteiger partial charge in [-0.3, -0.25) is 14.6 Å². The minimum absolute atomic E-state index is 0.110. The molecule has 25 heavy (non-hydrogen) atoms. The van der Waals surface area contributed by atoms with Crippen molar-refractivity contribution in [1.82, 2.24) is 14.9 Å². The Hall–Kier alpha value is -2.73. The lowest BCUT2D eigenvalue weighted by Gasteiger charge is -2.18. The van der Waals surface area contributed by atoms with Gasteiger partial charge in [0.1, 0.15) is 0 Å². The van der Waals surface area contributed by atoms with Crippen molar-refractivity contribution in [2.75, 3.05) is 7.05 Å². The highest BCUT2D eigenvalue weighted by Gasteiger charge is 2.13. The maximum atomic E-state index is 12.7. The average molecular weight is 353 g/mol. The molecule has 0 aliphatic rings. The third kappa shape index (κ3) is 3.69. The molecule has 3 aromatic rings. The zero-order chi connectivity index (χ0) is 18.0. The van der Waals surface area contributed by atoms with Crippen LogP contribution in [0.15, 0.2) is 47.3 Å². The van der Waals surface area contributed by atoms with Crippen LogP contribution in [-0.4, -0.2) is 27.8 Å². The molecule has 128 valence electrons. The molecule has 1 aromatic heterocycles. The summed E-state index contributed by atoms with van der Waals surface area (Å²) in [5.41, 5.74) is 3.15. The topological polar surface area (TPSA) is 69.0 Å². The molecule has 0 spiro atoms. The highest BCUT2D eigenvalue weighted by molar-refractivity contribution is 7.71. The van der Waals surface area contributed by atoms with Gasteiger partial charge in [0, 0.05) is 19.2 Å². The third-order valence-corrected chi connectivity index (χ3v) is 4.39. The molecule has 0 atom stereocenters. The number of benzene rings is 2. The number of nitrogens with one attached hydrogen (secondary N) is 2. The van der Waals surface area contributed by atoms with E-state index in [2.05, 4.69) is 29.0 Å². The van der Waals surface area contributed by atoms with Crippen molar-refractivity contribution in [2.45, 2.75) is 19.9 Å². The average Bonchev–Trinajstić information content (AvgIpc) is 2.61. The van der Waals surface area contributed by atoms with Crippen LogP contribution in [0.3, 0.4) is 0 Å². The molecule has 5 nitrogen and oxygen atoms in total. The second kappa shape index (κ2) is 7.03. The van der Waals surface area contributed by atoms with Gasteiger partial charge in [0.25, 0.3) is 11.5 Å². The number of aromatic amines is 2. The number of carbonyl (C=O) groups excluding carboxylic acids is 1. The Balaban J connectivity index is 1.85. The Morgan fingerprint density at radius 2 is 1.76 bits per heavy atom. The van der Waals surface area contributed by atoms with E-state index in [1.54, 1.807) is 30.1 Å². The standard InChI is InChI=1S/C19H19N3O2S/c1-3-12-4-6-13(7-5-12)11-22(2)18(24)14-8-9-15-16(10-14)20-19(25)21-17(15)23/h4-10H,3,11H2,1-2H3,(H2,20,21,23,25). The monoisotopic (exact) mass is 353 g/mol. The highest BCUT2D eigenvalue weighted by Crippen LogP contribution is 2.14. The van der Waals surface area contributed by atoms with Crippen molar-refractivity contribution in [3.8, 4) is 0 Å². The summed E-state index contributed by atoms with van der Waals surface area (Å²) < 4.78 is 0.242. The molecule has 2 N–H and O–H groups in total. The van der Waals surface area contributed by atoms with E-state index in [4.69, 9.17) is 12.2 Å². The Morgan fingerprint density at radius 1 is 1.08 bits per heavy atom. The van der Waals surface area contributed by atoms with Crippen LogP contribution in [0.5, 0.6) is 0 Å². The van der Waals surface area contributed by atoms with Crippen molar-refractivity contribution in [1.29, 1.82) is 0 Å². The summed E-state index contributed by atoms with van der Waals surface area (Å²) in [5, 5.41) is 0.475. The number of carbonyl (C=O) groups is 1. The van der Waals surface area contributed by atoms with E-state index in [9.17, 15) is 9.59 Å². The van der Waals surface area contributed by atoms with Gasteiger partial charge in [-0.05, 0) is 48.0 Å². The predicted octanol–water partition coefficient (Wildman–Crippen LogP) is 3.42. The van der Waals surface area contributed by atoms with E-state index in [1.165, 1.54) is 5.56 Å². The lowest BCUT2D eigenvalue weighted by Crippen LogP contribution is -2.26. The van der Waals surface area contributed by atoms with Gasteiger partial charge in [-0.1, -0.05) is 31.2 Å². The molecule has 0 aliphatic heterocycles. The molecule has 0 saturated heterocycles. The van der Waals surface area contributed by atoms with E-state index < -0.39 is 0 Å². The highest BCUT2D eigenvalue weighted by atomic mass is 32.1. The SMILES string of the molecule is CCc1ccc(CN(C)C(=O)c2ccc3c(=O)[nH]c(=S)[nH]c3c2)cc1. The lowest BCUT2D eigenvalue weighted by atomic mass is 10.1. The molecule has 0 fully saturated rings. The summed E-state index contributed by atoms with van der Waals surface area (Å²) in [6.07, 6.45) is 0.993. The first-order chi connectivity index (χ1) is 12.0. The summed E-state index contributed by atoms with van der Waals surface area (Å²) in [6.45, 7) is 2.63. The number of H-pyrrole nitrogens is 2. The van der Waals surface area contributed by atoms with Crippen molar-refractivity contribution < 1.29 is 4.79 Å². The van der Waals surface area contributed by atoms with Crippen LogP contribution in [0.4, 0.5) is 0 Å². The van der Waals surface area contributed by atoms with E-state index in [0.29, 0.717) is 23.0 Å². The fraction of sp³-hybridized carbons (Fsp3) is 0.211. The van der Waals surface area contributed by atoms with E-state index >= 15 is 0 Å². The molecule has 0 bridgehead atoms. The van der Waals surface area contributed by atoms with E-state index in [0.717, 1.165) is 12.0 Å². The molecule has 1 amide bonds. The van der Waals surface area contributed by atoms with Crippen molar-refractivity contribution in [3.63, 3.8) is 0 Å². The van der Waals surface area contributed by atoms with E-state index in [1.807, 2.05) is 12.1 Å². The number of aryl methyl sites for hydroxylation is 1. The van der Waals surface area contributed by atoms with Crippen LogP contribution in [0.2, 0.25) is 0 Å². The zero-order valence-corrected chi connectivity index (χ0v) is 14.9. The molecule has 3 rings (SSSR count). The quantitative estimate of drug-likeness (QED) is 0.706. The molecule has 0 radical (unpaired) electrons. The second-order valence-corrected chi connectivity index (χ2v) is 6.41. The van der Waals surface area contributed by atoms with Gasteiger partial charge in [-0.15, -0.1) is 0 Å². The minimum Gasteiger partial charge on any atom is -0.337 e. The van der Waals surface area contributed by atoms with Gasteiger partial charge < -0.3 is 9.88 Å². The van der Waals surface area contributed by atoms with E-state index in [-0.39, 0.29) is 16.2 Å². The van der Waals surface area contributed by atoms with Crippen LogP contribution >= 0.6 is 12.2 Å². The number of aromatic nitrogens is 2. The number of nitrogens with zero attached hydrogens (tertiary/aromatic N) is 1. The Labute approximate surface area is 150 Å². The molecule has 0 unspecified atom stereocenters. The first-order valence-electron chi connectivity index (χ1n) is 8.07. The van der Waals surface area contributed by atoms with Crippen molar-refractivity contribution in [3.05, 3.63) is 74.3 Å². The number of amides is 1. The Bertz CT molecular complexity index is 1030. The summed E-state index contributed by atoms with van der Waals surface area (Å²) in [5.74, 6) is -0.110. The normalized spacial score (nSPS) is 10.8. The maximum Gasteiger partial charge on any atom is 0.259 e. The van der Waals surface area contributed by atoms with Crippen LogP contribution in [0.25, 0.3) is 10.9 Å². The van der Waals surface area contributed by atoms with Gasteiger partial charge in [-0.25, -0.2) is 0 Å². The van der Waals surface area contributed by atoms with Gasteiger partial charge in [0.05, 0.1) is 10.9 Å². The van der Waals surface area contributed by atoms with Crippen LogP contribution in [0.1, 0.15) is 28.4 Å². The maximum absolute atomic E-state index is 12.7. The van der Waals surface area contributed by atoms with Crippen molar-refractivity contribution in [2.24, 2.45) is 0 Å². The fourth-order valence-corrected chi connectivity index (χ4v) is 2.95. The zero-order valence-electron chi connectivity index (χ0n) is 14.1. The number of hydrogen-bond acceptors (Lipinski definition) is 3. The molecule has 0 aliphatic carbocycles. The van der Waals surface area contributed by atoms with Gasteiger partial charge in [0.2, 0.25) is 0 Å². The smallest absolute Gasteiger partial charge is 0.259 e. The molecular weight excluding hydrogens is 334 g/mol. The molecule has 1 heterocycles. The van der Waals surface area contributed by atoms with Gasteiger partial charge >= 0.3 is 0 Å². The number of rotatable bonds is 4. The molecular formula is C19H19N3O2S. The second-order valence-electron chi connectivity index (χ2n) is 6.00. The van der Waals surface area contributed by atoms with Crippen LogP contribution in [0, 0.1) is 4.77 Å². The Kier molecular flexibility index (Phi) is 4.81.